The lowest BCUT2D eigenvalue weighted by atomic mass is 9.83. The number of carbonyl (C=O) groups excluding carboxylic acids is 3. The summed E-state index contributed by atoms with van der Waals surface area (Å²) in [6.45, 7) is 1.69. The summed E-state index contributed by atoms with van der Waals surface area (Å²) >= 11 is 2.09. The minimum Gasteiger partial charge on any atom is -0.325 e. The molecular weight excluding hydrogens is 564 g/mol. The summed E-state index contributed by atoms with van der Waals surface area (Å²) in [4.78, 5) is 65.7. The van der Waals surface area contributed by atoms with Crippen LogP contribution in [0.1, 0.15) is 21.9 Å². The van der Waals surface area contributed by atoms with E-state index in [1.165, 1.54) is 28.8 Å². The second kappa shape index (κ2) is 10.5. The molecule has 3 atom stereocenters. The van der Waals surface area contributed by atoms with Gasteiger partial charge in [-0.2, -0.15) is 0 Å². The fourth-order valence-corrected chi connectivity index (χ4v) is 8.01. The van der Waals surface area contributed by atoms with E-state index in [0.717, 1.165) is 39.1 Å². The van der Waals surface area contributed by atoms with Gasteiger partial charge in [-0.1, -0.05) is 71.1 Å². The van der Waals surface area contributed by atoms with Crippen molar-refractivity contribution in [1.82, 2.24) is 4.57 Å². The van der Waals surface area contributed by atoms with Crippen molar-refractivity contribution in [3.8, 4) is 0 Å². The molecule has 3 aromatic carbocycles. The number of hydrogen-bond donors (Lipinski definition) is 1. The second-order valence-electron chi connectivity index (χ2n) is 9.78. The standard InChI is InChI=1S/C29H22N4O6S2/c1-16-7-9-18(10-8-16)30-21(34)15-31-28-25(41-29(31)37)22(17-5-3-2-4-6-17)23-24(40-28)27(36)32(26(23)35)19-11-13-20(14-12-19)33(38)39/h2-14,22-24H,15H2,1H3,(H,30,34)/t22-,23+,24-/m0/s1. The predicted octanol–water partition coefficient (Wildman–Crippen LogP) is 4.56. The summed E-state index contributed by atoms with van der Waals surface area (Å²) < 4.78 is 1.37. The monoisotopic (exact) mass is 586 g/mol. The smallest absolute Gasteiger partial charge is 0.308 e. The molecule has 2 aliphatic heterocycles. The Labute approximate surface area is 241 Å². The predicted molar refractivity (Wildman–Crippen MR) is 155 cm³/mol. The molecule has 0 aliphatic carbocycles. The highest BCUT2D eigenvalue weighted by Crippen LogP contribution is 2.53. The van der Waals surface area contributed by atoms with Gasteiger partial charge in [-0.15, -0.1) is 0 Å². The highest BCUT2D eigenvalue weighted by molar-refractivity contribution is 8.00. The molecule has 4 aromatic rings. The number of aromatic nitrogens is 1. The zero-order valence-electron chi connectivity index (χ0n) is 21.6. The van der Waals surface area contributed by atoms with E-state index in [9.17, 15) is 29.3 Å². The lowest BCUT2D eigenvalue weighted by molar-refractivity contribution is -0.384. The average molecular weight is 587 g/mol. The number of imide groups is 1. The van der Waals surface area contributed by atoms with Crippen molar-refractivity contribution in [3.63, 3.8) is 0 Å². The maximum Gasteiger partial charge on any atom is 0.308 e. The molecule has 41 heavy (non-hydrogen) atoms. The van der Waals surface area contributed by atoms with Crippen LogP contribution in [0, 0.1) is 23.0 Å². The first kappa shape index (κ1) is 26.7. The summed E-state index contributed by atoms with van der Waals surface area (Å²) in [6.07, 6.45) is 0. The molecule has 0 spiro atoms. The first-order valence-corrected chi connectivity index (χ1v) is 14.4. The van der Waals surface area contributed by atoms with Crippen LogP contribution in [-0.2, 0) is 20.9 Å². The fraction of sp³-hybridized carbons (Fsp3) is 0.172. The molecule has 1 aromatic heterocycles. The summed E-state index contributed by atoms with van der Waals surface area (Å²) in [5.74, 6) is -2.69. The van der Waals surface area contributed by atoms with Gasteiger partial charge < -0.3 is 5.32 Å². The Morgan fingerprint density at radius 3 is 2.29 bits per heavy atom. The molecule has 1 saturated heterocycles. The van der Waals surface area contributed by atoms with E-state index in [-0.39, 0.29) is 22.8 Å². The number of aryl methyl sites for hydroxylation is 1. The fourth-order valence-electron chi connectivity index (χ4n) is 5.23. The number of amides is 3. The molecule has 0 radical (unpaired) electrons. The maximum atomic E-state index is 13.9. The number of non-ortho nitro benzene ring substituents is 1. The lowest BCUT2D eigenvalue weighted by Gasteiger charge is -2.30. The molecule has 1 N–H and O–H groups in total. The van der Waals surface area contributed by atoms with Gasteiger partial charge in [-0.05, 0) is 36.8 Å². The summed E-state index contributed by atoms with van der Waals surface area (Å²) in [5, 5.41) is 13.6. The molecule has 6 rings (SSSR count). The maximum absolute atomic E-state index is 13.9. The quantitative estimate of drug-likeness (QED) is 0.199. The lowest BCUT2D eigenvalue weighted by Crippen LogP contribution is -2.33. The van der Waals surface area contributed by atoms with Crippen LogP contribution in [0.15, 0.2) is 88.7 Å². The molecule has 3 heterocycles. The largest absolute Gasteiger partial charge is 0.325 e. The van der Waals surface area contributed by atoms with Gasteiger partial charge >= 0.3 is 4.87 Å². The van der Waals surface area contributed by atoms with E-state index in [0.29, 0.717) is 15.6 Å². The van der Waals surface area contributed by atoms with Crippen LogP contribution in [0.3, 0.4) is 0 Å². The van der Waals surface area contributed by atoms with E-state index >= 15 is 0 Å². The van der Waals surface area contributed by atoms with Crippen molar-refractivity contribution in [2.24, 2.45) is 5.92 Å². The Morgan fingerprint density at radius 1 is 0.951 bits per heavy atom. The number of nitrogens with zero attached hydrogens (tertiary/aromatic N) is 3. The number of nitro benzene ring substituents is 1. The van der Waals surface area contributed by atoms with E-state index in [2.05, 4.69) is 5.32 Å². The zero-order chi connectivity index (χ0) is 28.8. The molecule has 0 unspecified atom stereocenters. The Kier molecular flexibility index (Phi) is 6.80. The zero-order valence-corrected chi connectivity index (χ0v) is 23.2. The number of nitro groups is 1. The Hall–Kier alpha value is -4.55. The number of anilines is 2. The van der Waals surface area contributed by atoms with Gasteiger partial charge in [0.2, 0.25) is 17.7 Å². The van der Waals surface area contributed by atoms with Crippen molar-refractivity contribution in [1.29, 1.82) is 0 Å². The van der Waals surface area contributed by atoms with Crippen LogP contribution >= 0.6 is 23.1 Å². The van der Waals surface area contributed by atoms with Crippen molar-refractivity contribution >= 4 is 57.9 Å². The number of nitrogens with one attached hydrogen (secondary N) is 1. The van der Waals surface area contributed by atoms with Gasteiger partial charge in [-0.3, -0.25) is 33.9 Å². The van der Waals surface area contributed by atoms with Crippen molar-refractivity contribution < 1.29 is 19.3 Å². The molecule has 1 fully saturated rings. The molecule has 3 amide bonds. The first-order chi connectivity index (χ1) is 19.7. The average Bonchev–Trinajstić information content (AvgIpc) is 3.40. The summed E-state index contributed by atoms with van der Waals surface area (Å²) in [5.41, 5.74) is 2.50. The van der Waals surface area contributed by atoms with E-state index in [1.807, 2.05) is 49.4 Å². The summed E-state index contributed by atoms with van der Waals surface area (Å²) in [7, 11) is 0. The van der Waals surface area contributed by atoms with Crippen molar-refractivity contribution in [2.75, 3.05) is 10.2 Å². The van der Waals surface area contributed by atoms with Crippen molar-refractivity contribution in [2.45, 2.75) is 29.7 Å². The van der Waals surface area contributed by atoms with Gasteiger partial charge in [0, 0.05) is 28.6 Å². The topological polar surface area (TPSA) is 132 Å². The highest BCUT2D eigenvalue weighted by atomic mass is 32.2. The van der Waals surface area contributed by atoms with E-state index in [1.54, 1.807) is 12.1 Å². The molecule has 12 heteroatoms. The number of rotatable bonds is 6. The van der Waals surface area contributed by atoms with E-state index < -0.39 is 39.7 Å². The molecule has 2 aliphatic rings. The van der Waals surface area contributed by atoms with E-state index in [4.69, 9.17) is 0 Å². The Balaban J connectivity index is 1.38. The van der Waals surface area contributed by atoms with Crippen LogP contribution in [0.25, 0.3) is 0 Å². The van der Waals surface area contributed by atoms with Crippen molar-refractivity contribution in [3.05, 3.63) is 115 Å². The number of benzene rings is 3. The van der Waals surface area contributed by atoms with Crippen LogP contribution in [-0.4, -0.2) is 32.5 Å². The third kappa shape index (κ3) is 4.74. The van der Waals surface area contributed by atoms with Gasteiger partial charge in [0.25, 0.3) is 5.69 Å². The van der Waals surface area contributed by atoms with Gasteiger partial charge in [-0.25, -0.2) is 4.90 Å². The number of carbonyl (C=O) groups is 3. The minimum absolute atomic E-state index is 0.156. The van der Waals surface area contributed by atoms with Gasteiger partial charge in [0.05, 0.1) is 21.6 Å². The van der Waals surface area contributed by atoms with Gasteiger partial charge in [0.1, 0.15) is 11.8 Å². The second-order valence-corrected chi connectivity index (χ2v) is 11.9. The molecular formula is C29H22N4O6S2. The number of fused-ring (bicyclic) bond motifs is 2. The van der Waals surface area contributed by atoms with Crippen LogP contribution in [0.2, 0.25) is 0 Å². The minimum atomic E-state index is -0.851. The Morgan fingerprint density at radius 2 is 1.63 bits per heavy atom. The van der Waals surface area contributed by atoms with Crippen LogP contribution in [0.5, 0.6) is 0 Å². The molecule has 0 bridgehead atoms. The SMILES string of the molecule is Cc1ccc(NC(=O)Cn2c3c(sc2=O)[C@@H](c2ccccc2)[C@H]2C(=O)N(c4ccc([N+](=O)[O-])cc4)C(=O)[C@H]2S3)cc1. The third-order valence-electron chi connectivity index (χ3n) is 7.16. The highest BCUT2D eigenvalue weighted by Gasteiger charge is 2.56. The van der Waals surface area contributed by atoms with Crippen LogP contribution in [0.4, 0.5) is 17.1 Å². The van der Waals surface area contributed by atoms with Gasteiger partial charge in [0.15, 0.2) is 0 Å². The summed E-state index contributed by atoms with van der Waals surface area (Å²) in [6, 6.07) is 21.8. The first-order valence-electron chi connectivity index (χ1n) is 12.7. The normalized spacial score (nSPS) is 19.5. The number of hydrogen-bond acceptors (Lipinski definition) is 8. The number of thioether (sulfide) groups is 1. The number of thiazole rings is 1. The third-order valence-corrected chi connectivity index (χ3v) is 9.77. The molecule has 10 nitrogen and oxygen atoms in total. The molecule has 206 valence electrons. The Bertz CT molecular complexity index is 1750. The van der Waals surface area contributed by atoms with Crippen LogP contribution < -0.4 is 15.1 Å². The molecule has 0 saturated carbocycles.